The van der Waals surface area contributed by atoms with E-state index >= 15 is 0 Å². The van der Waals surface area contributed by atoms with Gasteiger partial charge in [-0.2, -0.15) is 0 Å². The number of hydrogen-bond donors (Lipinski definition) is 1. The zero-order valence-electron chi connectivity index (χ0n) is 10.8. The van der Waals surface area contributed by atoms with Crippen molar-refractivity contribution in [3.8, 4) is 5.75 Å². The molecule has 0 fully saturated rings. The Kier molecular flexibility index (Phi) is 5.16. The van der Waals surface area contributed by atoms with Crippen LogP contribution in [0.5, 0.6) is 5.75 Å². The molecule has 0 bridgehead atoms. The molecular weight excluding hydrogens is 214 g/mol. The summed E-state index contributed by atoms with van der Waals surface area (Å²) in [5.41, 5.74) is 6.55. The Bertz CT molecular complexity index is 374. The lowest BCUT2D eigenvalue weighted by atomic mass is 9.96. The number of para-hydroxylation sites is 1. The van der Waals surface area contributed by atoms with Crippen molar-refractivity contribution >= 4 is 5.78 Å². The number of ether oxygens (including phenoxy) is 1. The minimum atomic E-state index is -0.0998. The molecule has 0 heterocycles. The first-order valence-corrected chi connectivity index (χ1v) is 6.06. The Morgan fingerprint density at radius 3 is 2.59 bits per heavy atom. The minimum Gasteiger partial charge on any atom is -0.493 e. The Hall–Kier alpha value is -1.35. The fourth-order valence-corrected chi connectivity index (χ4v) is 1.54. The molecule has 3 nitrogen and oxygen atoms in total. The van der Waals surface area contributed by atoms with Crippen LogP contribution >= 0.6 is 0 Å². The van der Waals surface area contributed by atoms with E-state index in [0.29, 0.717) is 30.3 Å². The molecule has 1 atom stereocenters. The predicted octanol–water partition coefficient (Wildman–Crippen LogP) is 2.64. The molecule has 1 aromatic carbocycles. The van der Waals surface area contributed by atoms with Gasteiger partial charge in [0, 0.05) is 12.5 Å². The second-order valence-electron chi connectivity index (χ2n) is 4.46. The molecular formula is C14H21NO2. The fourth-order valence-electron chi connectivity index (χ4n) is 1.54. The smallest absolute Gasteiger partial charge is 0.168 e. The molecule has 2 N–H and O–H groups in total. The van der Waals surface area contributed by atoms with Gasteiger partial charge in [-0.05, 0) is 25.0 Å². The van der Waals surface area contributed by atoms with Gasteiger partial charge in [-0.15, -0.1) is 0 Å². The largest absolute Gasteiger partial charge is 0.493 e. The summed E-state index contributed by atoms with van der Waals surface area (Å²) in [5, 5.41) is 0. The number of carbonyl (C=O) groups is 1. The van der Waals surface area contributed by atoms with Crippen molar-refractivity contribution in [2.75, 3.05) is 6.61 Å². The third-order valence-corrected chi connectivity index (χ3v) is 2.76. The van der Waals surface area contributed by atoms with E-state index in [1.54, 1.807) is 6.07 Å². The molecule has 1 aromatic rings. The first-order valence-electron chi connectivity index (χ1n) is 6.06. The van der Waals surface area contributed by atoms with E-state index < -0.39 is 0 Å². The summed E-state index contributed by atoms with van der Waals surface area (Å²) in [6.45, 7) is 6.50. The zero-order chi connectivity index (χ0) is 12.8. The summed E-state index contributed by atoms with van der Waals surface area (Å²) in [5.74, 6) is 1.00. The van der Waals surface area contributed by atoms with Gasteiger partial charge in [0.05, 0.1) is 12.2 Å². The van der Waals surface area contributed by atoms with Crippen molar-refractivity contribution in [2.24, 2.45) is 11.7 Å². The Balaban J connectivity index is 2.81. The number of Topliss-reactive ketones (excluding diaryl/α,β-unsaturated/α-hetero) is 1. The van der Waals surface area contributed by atoms with E-state index in [1.807, 2.05) is 39.0 Å². The summed E-state index contributed by atoms with van der Waals surface area (Å²) in [4.78, 5) is 12.1. The van der Waals surface area contributed by atoms with E-state index in [4.69, 9.17) is 10.5 Å². The topological polar surface area (TPSA) is 52.3 Å². The maximum atomic E-state index is 12.1. The molecule has 94 valence electrons. The van der Waals surface area contributed by atoms with E-state index in [2.05, 4.69) is 0 Å². The molecule has 0 aliphatic carbocycles. The number of rotatable bonds is 6. The van der Waals surface area contributed by atoms with Crippen molar-refractivity contribution in [1.82, 2.24) is 0 Å². The predicted molar refractivity (Wildman–Crippen MR) is 69.4 cm³/mol. The van der Waals surface area contributed by atoms with Crippen LogP contribution in [0.15, 0.2) is 24.3 Å². The third kappa shape index (κ3) is 3.86. The van der Waals surface area contributed by atoms with Crippen molar-refractivity contribution in [3.05, 3.63) is 29.8 Å². The second kappa shape index (κ2) is 6.40. The minimum absolute atomic E-state index is 0.0512. The Morgan fingerprint density at radius 2 is 2.00 bits per heavy atom. The first-order chi connectivity index (χ1) is 8.06. The molecule has 0 saturated carbocycles. The van der Waals surface area contributed by atoms with E-state index in [0.717, 1.165) is 0 Å². The highest BCUT2D eigenvalue weighted by Crippen LogP contribution is 2.20. The van der Waals surface area contributed by atoms with Gasteiger partial charge in [-0.1, -0.05) is 26.0 Å². The summed E-state index contributed by atoms with van der Waals surface area (Å²) in [6.07, 6.45) is 0.363. The monoisotopic (exact) mass is 235 g/mol. The van der Waals surface area contributed by atoms with E-state index in [9.17, 15) is 4.79 Å². The highest BCUT2D eigenvalue weighted by molar-refractivity contribution is 5.99. The van der Waals surface area contributed by atoms with Crippen LogP contribution in [0.3, 0.4) is 0 Å². The molecule has 0 aliphatic heterocycles. The quantitative estimate of drug-likeness (QED) is 0.771. The number of ketones is 1. The van der Waals surface area contributed by atoms with Crippen molar-refractivity contribution in [1.29, 1.82) is 0 Å². The van der Waals surface area contributed by atoms with Gasteiger partial charge >= 0.3 is 0 Å². The van der Waals surface area contributed by atoms with Gasteiger partial charge in [-0.3, -0.25) is 4.79 Å². The molecule has 0 saturated heterocycles. The molecule has 1 unspecified atom stereocenters. The van der Waals surface area contributed by atoms with Gasteiger partial charge in [0.15, 0.2) is 5.78 Å². The van der Waals surface area contributed by atoms with Crippen LogP contribution in [0.25, 0.3) is 0 Å². The summed E-state index contributed by atoms with van der Waals surface area (Å²) >= 11 is 0. The maximum absolute atomic E-state index is 12.1. The molecule has 0 aromatic heterocycles. The molecule has 0 amide bonds. The lowest BCUT2D eigenvalue weighted by molar-refractivity contribution is 0.0964. The molecule has 3 heteroatoms. The average Bonchev–Trinajstić information content (AvgIpc) is 2.29. The maximum Gasteiger partial charge on any atom is 0.168 e. The lowest BCUT2D eigenvalue weighted by Crippen LogP contribution is -2.29. The van der Waals surface area contributed by atoms with Gasteiger partial charge in [0.25, 0.3) is 0 Å². The van der Waals surface area contributed by atoms with Crippen molar-refractivity contribution in [3.63, 3.8) is 0 Å². The summed E-state index contributed by atoms with van der Waals surface area (Å²) in [6, 6.07) is 7.22. The SMILES string of the molecule is CCOc1ccccc1C(=O)CC(N)C(C)C. The van der Waals surface area contributed by atoms with Crippen LogP contribution in [0.4, 0.5) is 0 Å². The number of nitrogens with two attached hydrogens (primary N) is 1. The molecule has 1 rings (SSSR count). The Labute approximate surface area is 103 Å². The highest BCUT2D eigenvalue weighted by Gasteiger charge is 2.17. The number of hydrogen-bond acceptors (Lipinski definition) is 3. The van der Waals surface area contributed by atoms with Gasteiger partial charge < -0.3 is 10.5 Å². The van der Waals surface area contributed by atoms with Gasteiger partial charge in [-0.25, -0.2) is 0 Å². The van der Waals surface area contributed by atoms with Crippen LogP contribution in [0.2, 0.25) is 0 Å². The number of carbonyl (C=O) groups excluding carboxylic acids is 1. The highest BCUT2D eigenvalue weighted by atomic mass is 16.5. The van der Waals surface area contributed by atoms with Crippen molar-refractivity contribution in [2.45, 2.75) is 33.2 Å². The third-order valence-electron chi connectivity index (χ3n) is 2.76. The van der Waals surface area contributed by atoms with Crippen LogP contribution in [-0.2, 0) is 0 Å². The molecule has 0 spiro atoms. The Morgan fingerprint density at radius 1 is 1.35 bits per heavy atom. The van der Waals surface area contributed by atoms with Crippen LogP contribution < -0.4 is 10.5 Å². The average molecular weight is 235 g/mol. The van der Waals surface area contributed by atoms with E-state index in [-0.39, 0.29) is 11.8 Å². The second-order valence-corrected chi connectivity index (χ2v) is 4.46. The summed E-state index contributed by atoms with van der Waals surface area (Å²) < 4.78 is 5.44. The van der Waals surface area contributed by atoms with Crippen LogP contribution in [0.1, 0.15) is 37.6 Å². The fraction of sp³-hybridized carbons (Fsp3) is 0.500. The van der Waals surface area contributed by atoms with E-state index in [1.165, 1.54) is 0 Å². The molecule has 17 heavy (non-hydrogen) atoms. The van der Waals surface area contributed by atoms with Gasteiger partial charge in [0.2, 0.25) is 0 Å². The van der Waals surface area contributed by atoms with Crippen molar-refractivity contribution < 1.29 is 9.53 Å². The number of benzene rings is 1. The zero-order valence-corrected chi connectivity index (χ0v) is 10.8. The lowest BCUT2D eigenvalue weighted by Gasteiger charge is -2.15. The summed E-state index contributed by atoms with van der Waals surface area (Å²) in [7, 11) is 0. The first kappa shape index (κ1) is 13.7. The molecule has 0 radical (unpaired) electrons. The van der Waals surface area contributed by atoms with Crippen LogP contribution in [-0.4, -0.2) is 18.4 Å². The standard InChI is InChI=1S/C14H21NO2/c1-4-17-14-8-6-5-7-11(14)13(16)9-12(15)10(2)3/h5-8,10,12H,4,9,15H2,1-3H3. The normalized spacial score (nSPS) is 12.5. The van der Waals surface area contributed by atoms with Crippen LogP contribution in [0, 0.1) is 5.92 Å². The molecule has 0 aliphatic rings. The van der Waals surface area contributed by atoms with Gasteiger partial charge in [0.1, 0.15) is 5.75 Å².